The minimum Gasteiger partial charge on any atom is -0.423 e. The number of benzene rings is 1. The van der Waals surface area contributed by atoms with Gasteiger partial charge in [0.25, 0.3) is 0 Å². The van der Waals surface area contributed by atoms with E-state index >= 15 is 0 Å². The Kier molecular flexibility index (Phi) is 4.26. The van der Waals surface area contributed by atoms with E-state index in [4.69, 9.17) is 16.6 Å². The van der Waals surface area contributed by atoms with Crippen molar-refractivity contribution in [3.05, 3.63) is 46.1 Å². The molecule has 0 atom stereocenters. The van der Waals surface area contributed by atoms with E-state index in [1.807, 2.05) is 0 Å². The van der Waals surface area contributed by atoms with Crippen LogP contribution in [0.5, 0.6) is 0 Å². The van der Waals surface area contributed by atoms with Crippen LogP contribution in [0.1, 0.15) is 18.4 Å². The molecule has 1 aliphatic rings. The maximum absolute atomic E-state index is 13.2. The van der Waals surface area contributed by atoms with Crippen LogP contribution in [-0.4, -0.2) is 22.3 Å². The van der Waals surface area contributed by atoms with Crippen LogP contribution in [0.3, 0.4) is 0 Å². The Labute approximate surface area is 131 Å². The van der Waals surface area contributed by atoms with Crippen LogP contribution in [0.25, 0.3) is 11.0 Å². The highest BCUT2D eigenvalue weighted by atomic mass is 32.2. The van der Waals surface area contributed by atoms with E-state index in [1.165, 1.54) is 42.8 Å². The number of thioether (sulfide) groups is 1. The van der Waals surface area contributed by atoms with Crippen molar-refractivity contribution in [1.82, 2.24) is 4.90 Å². The van der Waals surface area contributed by atoms with Gasteiger partial charge >= 0.3 is 5.63 Å². The molecule has 0 amide bonds. The van der Waals surface area contributed by atoms with Gasteiger partial charge < -0.3 is 9.32 Å². The van der Waals surface area contributed by atoms with E-state index in [-0.39, 0.29) is 5.58 Å². The lowest BCUT2D eigenvalue weighted by molar-refractivity contribution is 0.539. The van der Waals surface area contributed by atoms with Gasteiger partial charge in [-0.3, -0.25) is 0 Å². The van der Waals surface area contributed by atoms with Crippen molar-refractivity contribution in [2.24, 2.45) is 0 Å². The van der Waals surface area contributed by atoms with E-state index in [1.54, 1.807) is 6.07 Å². The zero-order valence-electron chi connectivity index (χ0n) is 11.3. The molecule has 3 rings (SSSR count). The Morgan fingerprint density at radius 2 is 2.10 bits per heavy atom. The van der Waals surface area contributed by atoms with Crippen molar-refractivity contribution in [1.29, 1.82) is 0 Å². The van der Waals surface area contributed by atoms with Gasteiger partial charge in [0, 0.05) is 36.4 Å². The zero-order chi connectivity index (χ0) is 14.8. The SMILES string of the molecule is O=c1cc(CSC(=S)N2CCCC2)c2ccc(F)cc2o1. The summed E-state index contributed by atoms with van der Waals surface area (Å²) in [6.45, 7) is 2.02. The van der Waals surface area contributed by atoms with Crippen LogP contribution in [-0.2, 0) is 5.75 Å². The van der Waals surface area contributed by atoms with E-state index in [0.29, 0.717) is 5.75 Å². The first-order chi connectivity index (χ1) is 10.1. The van der Waals surface area contributed by atoms with Crippen LogP contribution in [0.15, 0.2) is 33.5 Å². The molecule has 1 aromatic carbocycles. The maximum Gasteiger partial charge on any atom is 0.336 e. The molecular weight excluding hydrogens is 309 g/mol. The number of nitrogens with zero attached hydrogens (tertiary/aromatic N) is 1. The first kappa shape index (κ1) is 14.5. The third kappa shape index (κ3) is 3.27. The largest absolute Gasteiger partial charge is 0.423 e. The van der Waals surface area contributed by atoms with Crippen molar-refractivity contribution in [2.75, 3.05) is 13.1 Å². The van der Waals surface area contributed by atoms with Crippen LogP contribution >= 0.6 is 24.0 Å². The van der Waals surface area contributed by atoms with Gasteiger partial charge in [0.15, 0.2) is 0 Å². The summed E-state index contributed by atoms with van der Waals surface area (Å²) in [4.78, 5) is 13.8. The first-order valence-electron chi connectivity index (χ1n) is 6.77. The fourth-order valence-electron chi connectivity index (χ4n) is 2.45. The normalized spacial score (nSPS) is 14.8. The average Bonchev–Trinajstić information content (AvgIpc) is 2.97. The second kappa shape index (κ2) is 6.15. The number of fused-ring (bicyclic) bond motifs is 1. The Morgan fingerprint density at radius 1 is 1.33 bits per heavy atom. The summed E-state index contributed by atoms with van der Waals surface area (Å²) in [5.41, 5.74) is 0.647. The molecule has 2 heterocycles. The lowest BCUT2D eigenvalue weighted by atomic mass is 10.1. The van der Waals surface area contributed by atoms with Gasteiger partial charge in [0.1, 0.15) is 15.7 Å². The molecule has 3 nitrogen and oxygen atoms in total. The molecule has 0 bridgehead atoms. The standard InChI is InChI=1S/C15H14FNO2S2/c16-11-3-4-12-10(7-14(18)19-13(12)8-11)9-21-15(20)17-5-1-2-6-17/h3-4,7-8H,1-2,5-6,9H2. The summed E-state index contributed by atoms with van der Waals surface area (Å²) in [5, 5.41) is 0.757. The minimum atomic E-state index is -0.462. The van der Waals surface area contributed by atoms with Gasteiger partial charge in [0.2, 0.25) is 0 Å². The second-order valence-corrected chi connectivity index (χ2v) is 6.59. The number of halogens is 1. The second-order valence-electron chi connectivity index (χ2n) is 4.98. The Bertz CT molecular complexity index is 738. The molecule has 110 valence electrons. The molecule has 6 heteroatoms. The highest BCUT2D eigenvalue weighted by molar-refractivity contribution is 8.22. The van der Waals surface area contributed by atoms with Gasteiger partial charge in [-0.15, -0.1) is 0 Å². The van der Waals surface area contributed by atoms with Crippen molar-refractivity contribution in [3.63, 3.8) is 0 Å². The Morgan fingerprint density at radius 3 is 2.86 bits per heavy atom. The predicted molar refractivity (Wildman–Crippen MR) is 87.1 cm³/mol. The van der Waals surface area contributed by atoms with Gasteiger partial charge in [-0.25, -0.2) is 9.18 Å². The molecule has 21 heavy (non-hydrogen) atoms. The predicted octanol–water partition coefficient (Wildman–Crippen LogP) is 3.55. The molecule has 1 aliphatic heterocycles. The number of thiocarbonyl (C=S) groups is 1. The summed E-state index contributed by atoms with van der Waals surface area (Å²) in [6, 6.07) is 5.71. The van der Waals surface area contributed by atoms with Gasteiger partial charge in [-0.05, 0) is 30.5 Å². The Balaban J connectivity index is 1.83. The van der Waals surface area contributed by atoms with Crippen LogP contribution < -0.4 is 5.63 Å². The molecule has 1 fully saturated rings. The lowest BCUT2D eigenvalue weighted by Crippen LogP contribution is -2.23. The Hall–Kier alpha value is -1.40. The molecule has 1 aromatic heterocycles. The third-order valence-corrected chi connectivity index (χ3v) is 5.08. The quantitative estimate of drug-likeness (QED) is 0.623. The zero-order valence-corrected chi connectivity index (χ0v) is 12.9. The summed E-state index contributed by atoms with van der Waals surface area (Å²) in [7, 11) is 0. The summed E-state index contributed by atoms with van der Waals surface area (Å²) >= 11 is 6.95. The van der Waals surface area contributed by atoms with Crippen molar-refractivity contribution < 1.29 is 8.81 Å². The van der Waals surface area contributed by atoms with Crippen LogP contribution in [0.2, 0.25) is 0 Å². The first-order valence-corrected chi connectivity index (χ1v) is 8.17. The van der Waals surface area contributed by atoms with Crippen molar-refractivity contribution >= 4 is 39.3 Å². The van der Waals surface area contributed by atoms with E-state index in [0.717, 1.165) is 28.4 Å². The van der Waals surface area contributed by atoms with Gasteiger partial charge in [0.05, 0.1) is 0 Å². The van der Waals surface area contributed by atoms with Gasteiger partial charge in [-0.2, -0.15) is 0 Å². The molecule has 0 N–H and O–H groups in total. The lowest BCUT2D eigenvalue weighted by Gasteiger charge is -2.17. The molecule has 0 spiro atoms. The van der Waals surface area contributed by atoms with Crippen LogP contribution in [0.4, 0.5) is 4.39 Å². The molecule has 0 unspecified atom stereocenters. The number of hydrogen-bond acceptors (Lipinski definition) is 4. The smallest absolute Gasteiger partial charge is 0.336 e. The monoisotopic (exact) mass is 323 g/mol. The average molecular weight is 323 g/mol. The van der Waals surface area contributed by atoms with Gasteiger partial charge in [-0.1, -0.05) is 24.0 Å². The number of likely N-dealkylation sites (tertiary alicyclic amines) is 1. The van der Waals surface area contributed by atoms with Crippen LogP contribution in [0, 0.1) is 5.82 Å². The highest BCUT2D eigenvalue weighted by Crippen LogP contribution is 2.25. The fourth-order valence-corrected chi connectivity index (χ4v) is 3.70. The minimum absolute atomic E-state index is 0.283. The summed E-state index contributed by atoms with van der Waals surface area (Å²) in [5.74, 6) is 0.173. The molecule has 0 saturated carbocycles. The maximum atomic E-state index is 13.2. The summed E-state index contributed by atoms with van der Waals surface area (Å²) < 4.78 is 19.1. The van der Waals surface area contributed by atoms with E-state index in [9.17, 15) is 9.18 Å². The molecule has 0 aliphatic carbocycles. The number of hydrogen-bond donors (Lipinski definition) is 0. The van der Waals surface area contributed by atoms with Crippen molar-refractivity contribution in [3.8, 4) is 0 Å². The third-order valence-electron chi connectivity index (χ3n) is 3.51. The molecule has 0 radical (unpaired) electrons. The fraction of sp³-hybridized carbons (Fsp3) is 0.333. The van der Waals surface area contributed by atoms with E-state index < -0.39 is 11.4 Å². The highest BCUT2D eigenvalue weighted by Gasteiger charge is 2.16. The number of rotatable bonds is 2. The molecule has 2 aromatic rings. The topological polar surface area (TPSA) is 33.5 Å². The molecular formula is C15H14FNO2S2. The summed E-state index contributed by atoms with van der Waals surface area (Å²) in [6.07, 6.45) is 2.36. The van der Waals surface area contributed by atoms with Crippen molar-refractivity contribution in [2.45, 2.75) is 18.6 Å². The van der Waals surface area contributed by atoms with E-state index in [2.05, 4.69) is 4.90 Å². The molecule has 1 saturated heterocycles.